The van der Waals surface area contributed by atoms with Crippen LogP contribution in [-0.2, 0) is 42.8 Å². The van der Waals surface area contributed by atoms with E-state index in [4.69, 9.17) is 28.4 Å². The molecule has 18 nitrogen and oxygen atoms in total. The fourth-order valence-corrected chi connectivity index (χ4v) is 9.21. The summed E-state index contributed by atoms with van der Waals surface area (Å²) in [6, 6.07) is 6.28. The molecule has 3 aliphatic rings. The average Bonchev–Trinajstić information content (AvgIpc) is 3.87. The minimum atomic E-state index is -1.73. The van der Waals surface area contributed by atoms with Crippen LogP contribution >= 0.6 is 0 Å². The summed E-state index contributed by atoms with van der Waals surface area (Å²) in [5.41, 5.74) is -1.47. The third-order valence-corrected chi connectivity index (χ3v) is 12.5. The molecule has 3 saturated heterocycles. The SMILES string of the molecule is CC[C@H]1OC(=O)[C@H](C)[C@@H](O)[C@H](C)[C@@H](O[C@@H]2O[C@H](C)C[C@H](N(C)C)[C@H]2OC(C)=O)[C@](C)(OC(=O)NC/C=C/c2ccc(-n3cncn3)cc2)C[C@@H](C)C(=O)[C@H](C)[C@H]2NC(=O)O[C@@]21C. The number of nitrogens with one attached hydrogen (secondary N) is 2. The number of likely N-dealkylation sites (N-methyl/N-ethyl adjacent to an activating group) is 1. The number of carbonyl (C=O) groups is 5. The van der Waals surface area contributed by atoms with Gasteiger partial charge in [0, 0.05) is 31.2 Å². The number of Topliss-reactive ketones (excluding diaryl/α,β-unsaturated/α-hetero) is 1. The standard InChI is InChI=1S/C44H64N6O12/c1-12-33-44(9)37(48-42(56)62-44)26(4)34(52)24(2)21-43(8,61-41(55)46-19-13-14-30-15-17-31(18-16-30)50-23-45-22-47-50)38(27(5)35(53)28(6)39(54)59-33)60-40-36(58-29(7)51)32(49(10)11)20-25(3)57-40/h13-18,22-28,32-33,35-38,40,53H,12,19-21H2,1-11H3,(H,46,55)(H,48,56)/b14-13+/t24-,25-,26+,27+,28-,32+,33-,35+,36-,37-,38-,40+,43-,44-/m1/s1. The third kappa shape index (κ3) is 10.8. The van der Waals surface area contributed by atoms with E-state index in [1.807, 2.05) is 56.3 Å². The Morgan fingerprint density at radius 1 is 1.08 bits per heavy atom. The van der Waals surface area contributed by atoms with Gasteiger partial charge in [0.2, 0.25) is 0 Å². The normalized spacial score (nSPS) is 35.9. The minimum absolute atomic E-state index is 0.0542. The lowest BCUT2D eigenvalue weighted by Gasteiger charge is -2.48. The van der Waals surface area contributed by atoms with E-state index >= 15 is 0 Å². The molecule has 4 heterocycles. The summed E-state index contributed by atoms with van der Waals surface area (Å²) in [6.45, 7) is 14.7. The maximum atomic E-state index is 14.5. The number of aromatic nitrogens is 3. The Morgan fingerprint density at radius 2 is 1.77 bits per heavy atom. The molecule has 3 N–H and O–H groups in total. The second-order valence-electron chi connectivity index (χ2n) is 17.6. The number of ether oxygens (including phenoxy) is 6. The highest BCUT2D eigenvalue weighted by Crippen LogP contribution is 2.41. The second kappa shape index (κ2) is 20.1. The Hall–Kier alpha value is -4.91. The molecule has 0 spiro atoms. The van der Waals surface area contributed by atoms with Crippen molar-refractivity contribution in [3.8, 4) is 5.69 Å². The number of aliphatic hydroxyl groups is 1. The van der Waals surface area contributed by atoms with E-state index in [9.17, 15) is 29.1 Å². The zero-order chi connectivity index (χ0) is 45.7. The molecule has 2 amide bonds. The van der Waals surface area contributed by atoms with Crippen LogP contribution in [0.4, 0.5) is 9.59 Å². The molecule has 1 aromatic carbocycles. The number of carbonyl (C=O) groups excluding carboxylic acids is 5. The molecule has 0 bridgehead atoms. The number of hydrogen-bond acceptors (Lipinski definition) is 15. The van der Waals surface area contributed by atoms with Crippen molar-refractivity contribution >= 4 is 36.0 Å². The number of esters is 2. The lowest BCUT2D eigenvalue weighted by atomic mass is 9.73. The first-order chi connectivity index (χ1) is 29.2. The number of ketones is 1. The number of hydrogen-bond donors (Lipinski definition) is 3. The van der Waals surface area contributed by atoms with Gasteiger partial charge in [-0.15, -0.1) is 0 Å². The molecule has 14 atom stereocenters. The zero-order valence-electron chi connectivity index (χ0n) is 37.6. The molecule has 1 aromatic heterocycles. The molecule has 5 rings (SSSR count). The Balaban J connectivity index is 1.52. The summed E-state index contributed by atoms with van der Waals surface area (Å²) in [5.74, 6) is -5.53. The first-order valence-electron chi connectivity index (χ1n) is 21.3. The van der Waals surface area contributed by atoms with Crippen LogP contribution in [0.15, 0.2) is 43.0 Å². The number of alkyl carbamates (subject to hydrolysis) is 2. The van der Waals surface area contributed by atoms with Crippen LogP contribution in [0.2, 0.25) is 0 Å². The summed E-state index contributed by atoms with van der Waals surface area (Å²) in [5, 5.41) is 21.8. The Bertz CT molecular complexity index is 1910. The quantitative estimate of drug-likeness (QED) is 0.225. The number of benzene rings is 1. The number of cyclic esters (lactones) is 1. The van der Waals surface area contributed by atoms with Crippen molar-refractivity contribution in [3.05, 3.63) is 48.6 Å². The lowest BCUT2D eigenvalue weighted by molar-refractivity contribution is -0.300. The highest BCUT2D eigenvalue weighted by atomic mass is 16.7. The number of rotatable bonds is 10. The van der Waals surface area contributed by atoms with E-state index in [2.05, 4.69) is 20.7 Å². The molecule has 0 unspecified atom stereocenters. The van der Waals surface area contributed by atoms with Crippen LogP contribution in [0.5, 0.6) is 0 Å². The second-order valence-corrected chi connectivity index (χ2v) is 17.6. The van der Waals surface area contributed by atoms with Crippen LogP contribution in [0, 0.1) is 23.7 Å². The van der Waals surface area contributed by atoms with Gasteiger partial charge in [-0.3, -0.25) is 14.4 Å². The van der Waals surface area contributed by atoms with Gasteiger partial charge in [0.15, 0.2) is 18.0 Å². The van der Waals surface area contributed by atoms with Gasteiger partial charge in [-0.25, -0.2) is 19.3 Å². The Labute approximate surface area is 363 Å². The number of amides is 2. The predicted octanol–water partition coefficient (Wildman–Crippen LogP) is 4.21. The van der Waals surface area contributed by atoms with Crippen molar-refractivity contribution in [3.63, 3.8) is 0 Å². The molecule has 0 radical (unpaired) electrons. The van der Waals surface area contributed by atoms with Gasteiger partial charge < -0.3 is 49.1 Å². The van der Waals surface area contributed by atoms with Gasteiger partial charge in [-0.1, -0.05) is 52.0 Å². The van der Waals surface area contributed by atoms with Gasteiger partial charge in [0.05, 0.1) is 35.9 Å². The summed E-state index contributed by atoms with van der Waals surface area (Å²) in [6.07, 6.45) is -0.724. The number of aliphatic hydroxyl groups excluding tert-OH is 1. The molecule has 3 fully saturated rings. The van der Waals surface area contributed by atoms with E-state index in [1.165, 1.54) is 20.2 Å². The van der Waals surface area contributed by atoms with Gasteiger partial charge in [0.25, 0.3) is 0 Å². The first-order valence-corrected chi connectivity index (χ1v) is 21.3. The number of nitrogens with zero attached hydrogens (tertiary/aromatic N) is 4. The summed E-state index contributed by atoms with van der Waals surface area (Å²) in [7, 11) is 3.69. The molecule has 3 aliphatic heterocycles. The smallest absolute Gasteiger partial charge is 0.408 e. The molecule has 18 heteroatoms. The van der Waals surface area contributed by atoms with E-state index in [1.54, 1.807) is 58.6 Å². The fraction of sp³-hybridized carbons (Fsp3) is 0.659. The van der Waals surface area contributed by atoms with Gasteiger partial charge in [-0.2, -0.15) is 5.10 Å². The van der Waals surface area contributed by atoms with Gasteiger partial charge in [0.1, 0.15) is 36.2 Å². The minimum Gasteiger partial charge on any atom is -0.458 e. The molecule has 0 aliphatic carbocycles. The summed E-state index contributed by atoms with van der Waals surface area (Å²) < 4.78 is 38.8. The van der Waals surface area contributed by atoms with E-state index < -0.39 is 95.7 Å². The first kappa shape index (κ1) is 48.1. The predicted molar refractivity (Wildman–Crippen MR) is 224 cm³/mol. The highest BCUT2D eigenvalue weighted by Gasteiger charge is 2.58. The Morgan fingerprint density at radius 3 is 2.39 bits per heavy atom. The van der Waals surface area contributed by atoms with E-state index in [-0.39, 0.29) is 37.3 Å². The molecule has 0 saturated carbocycles. The summed E-state index contributed by atoms with van der Waals surface area (Å²) in [4.78, 5) is 73.7. The molecular formula is C44H64N6O12. The van der Waals surface area contributed by atoms with E-state index in [0.29, 0.717) is 6.42 Å². The van der Waals surface area contributed by atoms with Crippen LogP contribution < -0.4 is 10.6 Å². The van der Waals surface area contributed by atoms with Crippen LogP contribution in [0.25, 0.3) is 11.8 Å². The van der Waals surface area contributed by atoms with Crippen LogP contribution in [0.1, 0.15) is 87.1 Å². The highest BCUT2D eigenvalue weighted by molar-refractivity contribution is 5.85. The number of fused-ring (bicyclic) bond motifs is 1. The van der Waals surface area contributed by atoms with Crippen molar-refractivity contribution in [1.82, 2.24) is 30.3 Å². The van der Waals surface area contributed by atoms with Crippen LogP contribution in [0.3, 0.4) is 0 Å². The van der Waals surface area contributed by atoms with Gasteiger partial charge in [-0.05, 0) is 78.7 Å². The average molecular weight is 869 g/mol. The maximum absolute atomic E-state index is 14.5. The van der Waals surface area contributed by atoms with Crippen molar-refractivity contribution < 1.29 is 57.5 Å². The lowest BCUT2D eigenvalue weighted by Crippen LogP contribution is -2.61. The topological polar surface area (TPSA) is 219 Å². The van der Waals surface area contributed by atoms with Crippen LogP contribution in [-0.4, -0.2) is 135 Å². The summed E-state index contributed by atoms with van der Waals surface area (Å²) >= 11 is 0. The third-order valence-electron chi connectivity index (χ3n) is 12.5. The fourth-order valence-electron chi connectivity index (χ4n) is 9.21. The molecular weight excluding hydrogens is 805 g/mol. The monoisotopic (exact) mass is 868 g/mol. The van der Waals surface area contributed by atoms with Crippen molar-refractivity contribution in [2.75, 3.05) is 20.6 Å². The Kier molecular flexibility index (Phi) is 15.6. The van der Waals surface area contributed by atoms with E-state index in [0.717, 1.165) is 11.3 Å². The van der Waals surface area contributed by atoms with Crippen molar-refractivity contribution in [1.29, 1.82) is 0 Å². The van der Waals surface area contributed by atoms with Gasteiger partial charge >= 0.3 is 24.1 Å². The van der Waals surface area contributed by atoms with Crippen molar-refractivity contribution in [2.45, 2.75) is 142 Å². The largest absolute Gasteiger partial charge is 0.458 e. The van der Waals surface area contributed by atoms with Crippen molar-refractivity contribution in [2.24, 2.45) is 23.7 Å². The zero-order valence-corrected chi connectivity index (χ0v) is 37.6. The molecule has 342 valence electrons. The molecule has 2 aromatic rings. The molecule has 62 heavy (non-hydrogen) atoms. The maximum Gasteiger partial charge on any atom is 0.408 e.